The van der Waals surface area contributed by atoms with Crippen LogP contribution in [0.15, 0.2) is 17.2 Å². The molecule has 0 atom stereocenters. The van der Waals surface area contributed by atoms with Gasteiger partial charge in [-0.15, -0.1) is 0 Å². The van der Waals surface area contributed by atoms with E-state index in [1.807, 2.05) is 20.8 Å². The molecular weight excluding hydrogens is 292 g/mol. The Morgan fingerprint density at radius 2 is 2.10 bits per heavy atom. The molecule has 0 spiro atoms. The first-order valence-electron chi connectivity index (χ1n) is 7.15. The number of carboxylic acid groups (broad SMARTS) is 1. The minimum Gasteiger partial charge on any atom is -0.477 e. The predicted octanol–water partition coefficient (Wildman–Crippen LogP) is 2.06. The molecule has 0 radical (unpaired) electrons. The molecule has 1 saturated carbocycles. The zero-order chi connectivity index (χ0) is 15.8. The second-order valence-electron chi connectivity index (χ2n) is 6.16. The van der Waals surface area contributed by atoms with Crippen LogP contribution in [0.1, 0.15) is 50.5 Å². The van der Waals surface area contributed by atoms with Crippen molar-refractivity contribution in [2.45, 2.75) is 57.0 Å². The molecule has 1 fully saturated rings. The lowest BCUT2D eigenvalue weighted by Crippen LogP contribution is -2.44. The molecule has 2 rings (SSSR count). The summed E-state index contributed by atoms with van der Waals surface area (Å²) in [5.41, 5.74) is -0.504. The zero-order valence-electron chi connectivity index (χ0n) is 12.6. The molecule has 1 aliphatic carbocycles. The Morgan fingerprint density at radius 1 is 1.48 bits per heavy atom. The van der Waals surface area contributed by atoms with Gasteiger partial charge in [0, 0.05) is 18.3 Å². The molecule has 2 N–H and O–H groups in total. The molecule has 1 aliphatic rings. The number of nitrogens with one attached hydrogen (secondary N) is 1. The molecule has 0 amide bonds. The van der Waals surface area contributed by atoms with Crippen molar-refractivity contribution >= 4 is 16.0 Å². The smallest absolute Gasteiger partial charge is 0.352 e. The van der Waals surface area contributed by atoms with Crippen molar-refractivity contribution in [3.05, 3.63) is 18.0 Å². The van der Waals surface area contributed by atoms with Gasteiger partial charge in [-0.3, -0.25) is 0 Å². The Morgan fingerprint density at radius 3 is 2.57 bits per heavy atom. The highest BCUT2D eigenvalue weighted by Crippen LogP contribution is 2.40. The fourth-order valence-corrected chi connectivity index (χ4v) is 4.04. The minimum atomic E-state index is -3.71. The first-order valence-corrected chi connectivity index (χ1v) is 8.63. The lowest BCUT2D eigenvalue weighted by Gasteiger charge is -2.25. The number of rotatable bonds is 7. The van der Waals surface area contributed by atoms with Crippen molar-refractivity contribution in [1.82, 2.24) is 9.29 Å². The van der Waals surface area contributed by atoms with E-state index in [4.69, 9.17) is 5.11 Å². The molecule has 0 saturated heterocycles. The van der Waals surface area contributed by atoms with Gasteiger partial charge in [0.15, 0.2) is 0 Å². The summed E-state index contributed by atoms with van der Waals surface area (Å²) in [5.74, 6) is -0.768. The molecule has 118 valence electrons. The molecule has 7 heteroatoms. The largest absolute Gasteiger partial charge is 0.477 e. The molecule has 0 bridgehead atoms. The number of carbonyl (C=O) groups is 1. The van der Waals surface area contributed by atoms with Gasteiger partial charge in [0.05, 0.1) is 0 Å². The van der Waals surface area contributed by atoms with E-state index in [1.165, 1.54) is 16.8 Å². The molecule has 1 heterocycles. The molecule has 0 unspecified atom stereocenters. The maximum Gasteiger partial charge on any atom is 0.352 e. The van der Waals surface area contributed by atoms with Crippen LogP contribution in [0.5, 0.6) is 0 Å². The van der Waals surface area contributed by atoms with E-state index in [9.17, 15) is 13.2 Å². The first-order chi connectivity index (χ1) is 9.67. The molecule has 1 aromatic heterocycles. The van der Waals surface area contributed by atoms with Gasteiger partial charge in [-0.25, -0.2) is 17.9 Å². The standard InChI is InChI=1S/C14H22N2O4S/c1-4-7-16-9-11(8-12(16)13(17)18)21(19,20)15-14(2,3)10-5-6-10/h8-10,15H,4-7H2,1-3H3,(H,17,18). The second-order valence-corrected chi connectivity index (χ2v) is 7.84. The quantitative estimate of drug-likeness (QED) is 0.806. The van der Waals surface area contributed by atoms with E-state index < -0.39 is 21.5 Å². The summed E-state index contributed by atoms with van der Waals surface area (Å²) in [4.78, 5) is 11.2. The Labute approximate surface area is 125 Å². The van der Waals surface area contributed by atoms with Crippen LogP contribution in [-0.4, -0.2) is 29.6 Å². The summed E-state index contributed by atoms with van der Waals surface area (Å²) in [6, 6.07) is 1.23. The van der Waals surface area contributed by atoms with Gasteiger partial charge in [-0.1, -0.05) is 6.92 Å². The lowest BCUT2D eigenvalue weighted by atomic mass is 10.0. The topological polar surface area (TPSA) is 88.4 Å². The third-order valence-corrected chi connectivity index (χ3v) is 5.50. The van der Waals surface area contributed by atoms with Crippen LogP contribution < -0.4 is 4.72 Å². The van der Waals surface area contributed by atoms with Crippen LogP contribution in [0.3, 0.4) is 0 Å². The average molecular weight is 314 g/mol. The average Bonchev–Trinajstić information content (AvgIpc) is 3.10. The van der Waals surface area contributed by atoms with E-state index in [-0.39, 0.29) is 10.6 Å². The Balaban J connectivity index is 2.31. The van der Waals surface area contributed by atoms with Gasteiger partial charge < -0.3 is 9.67 Å². The van der Waals surface area contributed by atoms with Crippen molar-refractivity contribution in [3.63, 3.8) is 0 Å². The molecule has 1 aromatic rings. The molecular formula is C14H22N2O4S. The summed E-state index contributed by atoms with van der Waals surface area (Å²) in [6.45, 7) is 6.12. The van der Waals surface area contributed by atoms with Crippen LogP contribution in [0, 0.1) is 5.92 Å². The first kappa shape index (κ1) is 16.0. The third kappa shape index (κ3) is 3.47. The minimum absolute atomic E-state index is 0.00135. The van der Waals surface area contributed by atoms with Crippen molar-refractivity contribution in [2.24, 2.45) is 5.92 Å². The van der Waals surface area contributed by atoms with Crippen molar-refractivity contribution in [1.29, 1.82) is 0 Å². The van der Waals surface area contributed by atoms with Crippen LogP contribution >= 0.6 is 0 Å². The van der Waals surface area contributed by atoms with Crippen molar-refractivity contribution in [2.75, 3.05) is 0 Å². The Hall–Kier alpha value is -1.34. The van der Waals surface area contributed by atoms with E-state index in [2.05, 4.69) is 4.72 Å². The summed E-state index contributed by atoms with van der Waals surface area (Å²) in [7, 11) is -3.71. The number of aryl methyl sites for hydroxylation is 1. The molecule has 0 aliphatic heterocycles. The number of sulfonamides is 1. The number of hydrogen-bond donors (Lipinski definition) is 2. The summed E-state index contributed by atoms with van der Waals surface area (Å²) < 4.78 is 29.1. The number of carboxylic acids is 1. The van der Waals surface area contributed by atoms with Crippen LogP contribution in [0.2, 0.25) is 0 Å². The van der Waals surface area contributed by atoms with E-state index in [0.717, 1.165) is 19.3 Å². The van der Waals surface area contributed by atoms with Gasteiger partial charge in [-0.05, 0) is 45.1 Å². The maximum atomic E-state index is 12.5. The van der Waals surface area contributed by atoms with Crippen LogP contribution in [0.25, 0.3) is 0 Å². The fourth-order valence-electron chi connectivity index (χ4n) is 2.53. The number of aromatic nitrogens is 1. The van der Waals surface area contributed by atoms with Gasteiger partial charge in [0.2, 0.25) is 10.0 Å². The Bertz CT molecular complexity index is 642. The molecule has 21 heavy (non-hydrogen) atoms. The normalized spacial score (nSPS) is 16.1. The molecule has 0 aromatic carbocycles. The highest BCUT2D eigenvalue weighted by molar-refractivity contribution is 7.89. The highest BCUT2D eigenvalue weighted by Gasteiger charge is 2.41. The third-order valence-electron chi connectivity index (χ3n) is 3.86. The Kier molecular flexibility index (Phi) is 4.17. The highest BCUT2D eigenvalue weighted by atomic mass is 32.2. The maximum absolute atomic E-state index is 12.5. The van der Waals surface area contributed by atoms with E-state index >= 15 is 0 Å². The second kappa shape index (κ2) is 5.46. The predicted molar refractivity (Wildman–Crippen MR) is 78.8 cm³/mol. The van der Waals surface area contributed by atoms with Crippen molar-refractivity contribution < 1.29 is 18.3 Å². The van der Waals surface area contributed by atoms with E-state index in [0.29, 0.717) is 12.5 Å². The number of aromatic carboxylic acids is 1. The van der Waals surface area contributed by atoms with E-state index in [1.54, 1.807) is 0 Å². The zero-order valence-corrected chi connectivity index (χ0v) is 13.4. The van der Waals surface area contributed by atoms with Crippen molar-refractivity contribution in [3.8, 4) is 0 Å². The fraction of sp³-hybridized carbons (Fsp3) is 0.643. The lowest BCUT2D eigenvalue weighted by molar-refractivity contribution is 0.0685. The van der Waals surface area contributed by atoms with Crippen LogP contribution in [-0.2, 0) is 16.6 Å². The van der Waals surface area contributed by atoms with Gasteiger partial charge in [-0.2, -0.15) is 0 Å². The van der Waals surface area contributed by atoms with Gasteiger partial charge in [0.25, 0.3) is 0 Å². The number of nitrogens with zero attached hydrogens (tertiary/aromatic N) is 1. The van der Waals surface area contributed by atoms with Gasteiger partial charge in [0.1, 0.15) is 10.6 Å². The summed E-state index contributed by atoms with van der Waals surface area (Å²) >= 11 is 0. The summed E-state index contributed by atoms with van der Waals surface area (Å²) in [5, 5.41) is 9.17. The van der Waals surface area contributed by atoms with Crippen LogP contribution in [0.4, 0.5) is 0 Å². The molecule has 6 nitrogen and oxygen atoms in total. The number of hydrogen-bond acceptors (Lipinski definition) is 3. The monoisotopic (exact) mass is 314 g/mol. The SMILES string of the molecule is CCCn1cc(S(=O)(=O)NC(C)(C)C2CC2)cc1C(=O)O. The van der Waals surface area contributed by atoms with Gasteiger partial charge >= 0.3 is 5.97 Å². The summed E-state index contributed by atoms with van der Waals surface area (Å²) in [6.07, 6.45) is 4.17.